The third kappa shape index (κ3) is 2.43. The van der Waals surface area contributed by atoms with Gasteiger partial charge < -0.3 is 0 Å². The fourth-order valence-electron chi connectivity index (χ4n) is 0.423. The highest BCUT2D eigenvalue weighted by Crippen LogP contribution is 2.24. The first kappa shape index (κ1) is 7.19. The highest BCUT2D eigenvalue weighted by atomic mass is 35.5. The molecule has 0 aliphatic heterocycles. The second-order valence-electron chi connectivity index (χ2n) is 1.31. The molecule has 0 spiro atoms. The summed E-state index contributed by atoms with van der Waals surface area (Å²) >= 11 is 8.67. The van der Waals surface area contributed by atoms with E-state index in [4.69, 9.17) is 11.6 Å². The van der Waals surface area contributed by atoms with Crippen LogP contribution in [0.3, 0.4) is 0 Å². The molecule has 0 aliphatic carbocycles. The number of thiophene rings is 1. The molecule has 48 valence electrons. The molecule has 0 aliphatic rings. The second-order valence-corrected chi connectivity index (χ2v) is 3.72. The molecule has 3 heteroatoms. The van der Waals surface area contributed by atoms with E-state index in [0.717, 1.165) is 0 Å². The van der Waals surface area contributed by atoms with E-state index in [0.29, 0.717) is 0 Å². The lowest BCUT2D eigenvalue weighted by molar-refractivity contribution is 1.75. The van der Waals surface area contributed by atoms with Crippen molar-refractivity contribution in [3.8, 4) is 0 Å². The predicted octanol–water partition coefficient (Wildman–Crippen LogP) is 3.55. The highest BCUT2D eigenvalue weighted by molar-refractivity contribution is 8.03. The monoisotopic (exact) mass is 176 g/mol. The largest absolute Gasteiger partial charge is 0.137 e. The Hall–Kier alpha value is 0.0800. The molecule has 0 fully saturated rings. The summed E-state index contributed by atoms with van der Waals surface area (Å²) < 4.78 is 1.27. The number of halogens is 1. The van der Waals surface area contributed by atoms with Crippen molar-refractivity contribution in [1.82, 2.24) is 0 Å². The van der Waals surface area contributed by atoms with Crippen LogP contribution in [0.25, 0.3) is 0 Å². The van der Waals surface area contributed by atoms with E-state index in [1.54, 1.807) is 23.1 Å². The standard InChI is InChI=1S/C6H5ClS2/c7-3-5-9-6-2-1-4-8-6/h1-5H/b5-3-. The van der Waals surface area contributed by atoms with E-state index >= 15 is 0 Å². The van der Waals surface area contributed by atoms with Gasteiger partial charge in [-0.1, -0.05) is 29.4 Å². The third-order valence-corrected chi connectivity index (χ3v) is 2.89. The maximum absolute atomic E-state index is 5.32. The van der Waals surface area contributed by atoms with Gasteiger partial charge in [-0.3, -0.25) is 0 Å². The Bertz CT molecular complexity index is 179. The van der Waals surface area contributed by atoms with Crippen molar-refractivity contribution in [2.75, 3.05) is 0 Å². The van der Waals surface area contributed by atoms with E-state index in [2.05, 4.69) is 6.07 Å². The van der Waals surface area contributed by atoms with Crippen molar-refractivity contribution >= 4 is 34.7 Å². The number of hydrogen-bond acceptors (Lipinski definition) is 2. The van der Waals surface area contributed by atoms with Crippen LogP contribution in [0.5, 0.6) is 0 Å². The zero-order valence-corrected chi connectivity index (χ0v) is 6.97. The molecule has 0 radical (unpaired) electrons. The summed E-state index contributed by atoms with van der Waals surface area (Å²) in [5, 5.41) is 3.90. The Balaban J connectivity index is 2.48. The smallest absolute Gasteiger partial charge is 0.0640 e. The first-order valence-corrected chi connectivity index (χ1v) is 4.58. The third-order valence-electron chi connectivity index (χ3n) is 0.731. The Kier molecular flexibility index (Phi) is 3.18. The van der Waals surface area contributed by atoms with E-state index in [-0.39, 0.29) is 0 Å². The molecule has 0 unspecified atom stereocenters. The van der Waals surface area contributed by atoms with Gasteiger partial charge in [0.1, 0.15) is 0 Å². The minimum Gasteiger partial charge on any atom is -0.137 e. The zero-order chi connectivity index (χ0) is 6.53. The summed E-state index contributed by atoms with van der Waals surface area (Å²) in [6.07, 6.45) is 0. The average molecular weight is 177 g/mol. The highest BCUT2D eigenvalue weighted by Gasteiger charge is 1.86. The molecule has 0 N–H and O–H groups in total. The van der Waals surface area contributed by atoms with E-state index in [1.807, 2.05) is 16.9 Å². The molecule has 0 saturated carbocycles. The maximum atomic E-state index is 5.32. The Morgan fingerprint density at radius 3 is 3.11 bits per heavy atom. The van der Waals surface area contributed by atoms with Crippen molar-refractivity contribution in [3.63, 3.8) is 0 Å². The van der Waals surface area contributed by atoms with Gasteiger partial charge in [-0.25, -0.2) is 0 Å². The molecular weight excluding hydrogens is 172 g/mol. The molecule has 1 heterocycles. The maximum Gasteiger partial charge on any atom is 0.0640 e. The van der Waals surface area contributed by atoms with E-state index in [9.17, 15) is 0 Å². The molecule has 0 saturated heterocycles. The summed E-state index contributed by atoms with van der Waals surface area (Å²) in [5.41, 5.74) is 1.52. The van der Waals surface area contributed by atoms with Crippen LogP contribution in [-0.2, 0) is 0 Å². The number of rotatable bonds is 2. The van der Waals surface area contributed by atoms with Gasteiger partial charge in [0.05, 0.1) is 4.21 Å². The molecule has 1 aromatic rings. The molecule has 0 amide bonds. The first-order valence-electron chi connectivity index (χ1n) is 2.39. The van der Waals surface area contributed by atoms with Crippen LogP contribution in [0.4, 0.5) is 0 Å². The Morgan fingerprint density at radius 1 is 1.67 bits per heavy atom. The normalized spacial score (nSPS) is 10.8. The summed E-state index contributed by atoms with van der Waals surface area (Å²) in [4.78, 5) is 0. The lowest BCUT2D eigenvalue weighted by atomic mass is 10.7. The average Bonchev–Trinajstić information content (AvgIpc) is 2.34. The van der Waals surface area contributed by atoms with Gasteiger partial charge in [0.15, 0.2) is 0 Å². The van der Waals surface area contributed by atoms with Gasteiger partial charge in [-0.15, -0.1) is 11.3 Å². The van der Waals surface area contributed by atoms with Crippen LogP contribution in [-0.4, -0.2) is 0 Å². The second kappa shape index (κ2) is 3.99. The summed E-state index contributed by atoms with van der Waals surface area (Å²) in [6.45, 7) is 0. The zero-order valence-electron chi connectivity index (χ0n) is 4.58. The molecule has 0 aromatic carbocycles. The summed E-state index contributed by atoms with van der Waals surface area (Å²) in [7, 11) is 0. The summed E-state index contributed by atoms with van der Waals surface area (Å²) in [5.74, 6) is 0. The van der Waals surface area contributed by atoms with Crippen LogP contribution in [0.15, 0.2) is 32.7 Å². The lowest BCUT2D eigenvalue weighted by Gasteiger charge is -1.82. The minimum absolute atomic E-state index is 1.27. The topological polar surface area (TPSA) is 0 Å². The fourth-order valence-corrected chi connectivity index (χ4v) is 1.92. The van der Waals surface area contributed by atoms with Gasteiger partial charge in [-0.2, -0.15) is 0 Å². The molecule has 1 aromatic heterocycles. The molecule has 1 rings (SSSR count). The van der Waals surface area contributed by atoms with Crippen LogP contribution < -0.4 is 0 Å². The number of hydrogen-bond donors (Lipinski definition) is 0. The van der Waals surface area contributed by atoms with Gasteiger partial charge in [0, 0.05) is 5.54 Å². The van der Waals surface area contributed by atoms with Gasteiger partial charge in [-0.05, 0) is 16.9 Å². The van der Waals surface area contributed by atoms with E-state index in [1.165, 1.54) is 9.74 Å². The molecule has 9 heavy (non-hydrogen) atoms. The first-order chi connectivity index (χ1) is 4.43. The molecular formula is C6H5ClS2. The van der Waals surface area contributed by atoms with Gasteiger partial charge in [0.25, 0.3) is 0 Å². The van der Waals surface area contributed by atoms with Crippen LogP contribution in [0, 0.1) is 0 Å². The van der Waals surface area contributed by atoms with Crippen molar-refractivity contribution in [1.29, 1.82) is 0 Å². The quantitative estimate of drug-likeness (QED) is 0.622. The molecule has 0 atom stereocenters. The Morgan fingerprint density at radius 2 is 2.56 bits per heavy atom. The van der Waals surface area contributed by atoms with Crippen molar-refractivity contribution < 1.29 is 0 Å². The molecule has 0 bridgehead atoms. The molecule has 0 nitrogen and oxygen atoms in total. The van der Waals surface area contributed by atoms with Crippen LogP contribution in [0.2, 0.25) is 0 Å². The lowest BCUT2D eigenvalue weighted by Crippen LogP contribution is -1.47. The van der Waals surface area contributed by atoms with Gasteiger partial charge >= 0.3 is 0 Å². The van der Waals surface area contributed by atoms with Crippen molar-refractivity contribution in [3.05, 3.63) is 28.5 Å². The predicted molar refractivity (Wildman–Crippen MR) is 45.2 cm³/mol. The van der Waals surface area contributed by atoms with Gasteiger partial charge in [0.2, 0.25) is 0 Å². The van der Waals surface area contributed by atoms with Crippen LogP contribution >= 0.6 is 34.7 Å². The Labute approximate surface area is 67.5 Å². The van der Waals surface area contributed by atoms with Crippen molar-refractivity contribution in [2.45, 2.75) is 4.21 Å². The van der Waals surface area contributed by atoms with Crippen molar-refractivity contribution in [2.24, 2.45) is 0 Å². The SMILES string of the molecule is Cl/C=C\Sc1cccs1. The fraction of sp³-hybridized carbons (Fsp3) is 0. The summed E-state index contributed by atoms with van der Waals surface area (Å²) in [6, 6.07) is 4.08. The minimum atomic E-state index is 1.27. The number of thioether (sulfide) groups is 1. The van der Waals surface area contributed by atoms with E-state index < -0.39 is 0 Å². The van der Waals surface area contributed by atoms with Crippen LogP contribution in [0.1, 0.15) is 0 Å².